The number of carbonyl (C=O) groups is 1. The maximum absolute atomic E-state index is 12.2. The first-order valence-corrected chi connectivity index (χ1v) is 8.82. The number of amides is 1. The molecule has 0 aromatic heterocycles. The summed E-state index contributed by atoms with van der Waals surface area (Å²) in [4.78, 5) is 12.2. The molecule has 0 aromatic rings. The Morgan fingerprint density at radius 1 is 1.19 bits per heavy atom. The third-order valence-electron chi connectivity index (χ3n) is 4.79. The summed E-state index contributed by atoms with van der Waals surface area (Å²) in [5.41, 5.74) is 0. The molecular formula is C17H32N2O2. The van der Waals surface area contributed by atoms with Crippen molar-refractivity contribution < 1.29 is 9.53 Å². The number of rotatable bonds is 7. The third-order valence-corrected chi connectivity index (χ3v) is 4.79. The van der Waals surface area contributed by atoms with Gasteiger partial charge in [0.15, 0.2) is 0 Å². The van der Waals surface area contributed by atoms with Crippen molar-refractivity contribution in [1.82, 2.24) is 10.6 Å². The van der Waals surface area contributed by atoms with E-state index in [1.165, 1.54) is 32.1 Å². The average molecular weight is 296 g/mol. The van der Waals surface area contributed by atoms with Crippen molar-refractivity contribution in [3.05, 3.63) is 0 Å². The van der Waals surface area contributed by atoms with E-state index < -0.39 is 0 Å². The fraction of sp³-hybridized carbons (Fsp3) is 0.941. The monoisotopic (exact) mass is 296 g/mol. The molecular weight excluding hydrogens is 264 g/mol. The molecule has 2 N–H and O–H groups in total. The first-order chi connectivity index (χ1) is 10.2. The first-order valence-electron chi connectivity index (χ1n) is 8.82. The van der Waals surface area contributed by atoms with Gasteiger partial charge in [0.1, 0.15) is 0 Å². The van der Waals surface area contributed by atoms with Crippen LogP contribution in [0.5, 0.6) is 0 Å². The van der Waals surface area contributed by atoms with Crippen molar-refractivity contribution in [3.8, 4) is 0 Å². The highest BCUT2D eigenvalue weighted by Crippen LogP contribution is 2.32. The van der Waals surface area contributed by atoms with Gasteiger partial charge < -0.3 is 15.4 Å². The van der Waals surface area contributed by atoms with E-state index in [0.717, 1.165) is 38.3 Å². The zero-order valence-corrected chi connectivity index (χ0v) is 13.7. The van der Waals surface area contributed by atoms with Crippen LogP contribution in [-0.4, -0.2) is 37.2 Å². The quantitative estimate of drug-likeness (QED) is 0.710. The van der Waals surface area contributed by atoms with Crippen LogP contribution in [0.3, 0.4) is 0 Å². The largest absolute Gasteiger partial charge is 0.379 e. The fourth-order valence-electron chi connectivity index (χ4n) is 3.58. The molecule has 2 fully saturated rings. The Bertz CT molecular complexity index is 320. The van der Waals surface area contributed by atoms with Gasteiger partial charge in [-0.15, -0.1) is 0 Å². The SMILES string of the molecule is CC(C)OCCCCNC(=O)C1CCC2CCCCC2N1. The molecule has 0 radical (unpaired) electrons. The zero-order valence-electron chi connectivity index (χ0n) is 13.7. The van der Waals surface area contributed by atoms with Crippen molar-refractivity contribution in [3.63, 3.8) is 0 Å². The number of hydrogen-bond acceptors (Lipinski definition) is 3. The molecule has 2 aliphatic rings. The summed E-state index contributed by atoms with van der Waals surface area (Å²) in [5, 5.41) is 6.66. The number of ether oxygens (including phenoxy) is 1. The van der Waals surface area contributed by atoms with Crippen LogP contribution in [0.1, 0.15) is 65.2 Å². The highest BCUT2D eigenvalue weighted by Gasteiger charge is 2.34. The molecule has 1 aliphatic carbocycles. The van der Waals surface area contributed by atoms with Crippen molar-refractivity contribution in [2.75, 3.05) is 13.2 Å². The highest BCUT2D eigenvalue weighted by molar-refractivity contribution is 5.81. The molecule has 122 valence electrons. The van der Waals surface area contributed by atoms with Gasteiger partial charge >= 0.3 is 0 Å². The molecule has 2 rings (SSSR count). The predicted octanol–water partition coefficient (Wildman–Crippen LogP) is 2.62. The summed E-state index contributed by atoms with van der Waals surface area (Å²) in [5.74, 6) is 1.01. The Kier molecular flexibility index (Phi) is 6.97. The van der Waals surface area contributed by atoms with E-state index in [-0.39, 0.29) is 11.9 Å². The maximum atomic E-state index is 12.2. The van der Waals surface area contributed by atoms with Crippen molar-refractivity contribution in [2.24, 2.45) is 5.92 Å². The Morgan fingerprint density at radius 3 is 2.81 bits per heavy atom. The lowest BCUT2D eigenvalue weighted by Crippen LogP contribution is -2.55. The number of piperidine rings is 1. The molecule has 1 heterocycles. The lowest BCUT2D eigenvalue weighted by Gasteiger charge is -2.39. The van der Waals surface area contributed by atoms with Gasteiger partial charge in [0.2, 0.25) is 5.91 Å². The van der Waals surface area contributed by atoms with Gasteiger partial charge in [-0.25, -0.2) is 0 Å². The zero-order chi connectivity index (χ0) is 15.1. The van der Waals surface area contributed by atoms with E-state index >= 15 is 0 Å². The van der Waals surface area contributed by atoms with E-state index in [2.05, 4.69) is 24.5 Å². The Morgan fingerprint density at radius 2 is 2.00 bits per heavy atom. The smallest absolute Gasteiger partial charge is 0.237 e. The maximum Gasteiger partial charge on any atom is 0.237 e. The molecule has 1 saturated heterocycles. The average Bonchev–Trinajstić information content (AvgIpc) is 2.49. The van der Waals surface area contributed by atoms with E-state index in [1.54, 1.807) is 0 Å². The normalized spacial score (nSPS) is 29.2. The van der Waals surface area contributed by atoms with Crippen LogP contribution in [0, 0.1) is 5.92 Å². The molecule has 0 spiro atoms. The van der Waals surface area contributed by atoms with Crippen LogP contribution in [-0.2, 0) is 9.53 Å². The minimum absolute atomic E-state index is 0.0382. The van der Waals surface area contributed by atoms with Gasteiger partial charge in [0, 0.05) is 19.2 Å². The van der Waals surface area contributed by atoms with E-state index in [4.69, 9.17) is 4.74 Å². The van der Waals surface area contributed by atoms with Gasteiger partial charge in [-0.3, -0.25) is 4.79 Å². The van der Waals surface area contributed by atoms with Crippen molar-refractivity contribution >= 4 is 5.91 Å². The van der Waals surface area contributed by atoms with Gasteiger partial charge in [-0.05, 0) is 58.3 Å². The molecule has 1 amide bonds. The Balaban J connectivity index is 1.58. The molecule has 4 nitrogen and oxygen atoms in total. The Hall–Kier alpha value is -0.610. The number of fused-ring (bicyclic) bond motifs is 1. The van der Waals surface area contributed by atoms with Crippen LogP contribution < -0.4 is 10.6 Å². The lowest BCUT2D eigenvalue weighted by molar-refractivity contribution is -0.124. The summed E-state index contributed by atoms with van der Waals surface area (Å²) in [6.07, 6.45) is 9.83. The number of hydrogen-bond donors (Lipinski definition) is 2. The summed E-state index contributed by atoms with van der Waals surface area (Å²) in [6, 6.07) is 0.624. The van der Waals surface area contributed by atoms with Crippen LogP contribution in [0.2, 0.25) is 0 Å². The number of unbranched alkanes of at least 4 members (excludes halogenated alkanes) is 1. The van der Waals surface area contributed by atoms with Crippen LogP contribution >= 0.6 is 0 Å². The minimum atomic E-state index is 0.0382. The summed E-state index contributed by atoms with van der Waals surface area (Å²) < 4.78 is 5.50. The Labute approximate surface area is 129 Å². The van der Waals surface area contributed by atoms with Crippen LogP contribution in [0.15, 0.2) is 0 Å². The lowest BCUT2D eigenvalue weighted by atomic mass is 9.77. The van der Waals surface area contributed by atoms with E-state index in [1.807, 2.05) is 0 Å². The molecule has 4 heteroatoms. The van der Waals surface area contributed by atoms with Gasteiger partial charge in [0.05, 0.1) is 12.1 Å². The van der Waals surface area contributed by atoms with E-state index in [0.29, 0.717) is 12.1 Å². The second-order valence-corrected chi connectivity index (χ2v) is 6.87. The fourth-order valence-corrected chi connectivity index (χ4v) is 3.58. The second kappa shape index (κ2) is 8.74. The highest BCUT2D eigenvalue weighted by atomic mass is 16.5. The molecule has 3 unspecified atom stereocenters. The van der Waals surface area contributed by atoms with Crippen LogP contribution in [0.4, 0.5) is 0 Å². The van der Waals surface area contributed by atoms with Gasteiger partial charge in [0.25, 0.3) is 0 Å². The summed E-state index contributed by atoms with van der Waals surface area (Å²) in [6.45, 7) is 5.66. The molecule has 3 atom stereocenters. The minimum Gasteiger partial charge on any atom is -0.379 e. The molecule has 1 saturated carbocycles. The standard InChI is InChI=1S/C17H32N2O2/c1-13(2)21-12-6-5-11-18-17(20)16-10-9-14-7-3-4-8-15(14)19-16/h13-16,19H,3-12H2,1-2H3,(H,18,20). The number of nitrogens with one attached hydrogen (secondary N) is 2. The van der Waals surface area contributed by atoms with Crippen LogP contribution in [0.25, 0.3) is 0 Å². The number of carbonyl (C=O) groups excluding carboxylic acids is 1. The predicted molar refractivity (Wildman–Crippen MR) is 85.2 cm³/mol. The van der Waals surface area contributed by atoms with Gasteiger partial charge in [-0.1, -0.05) is 12.8 Å². The summed E-state index contributed by atoms with van der Waals surface area (Å²) in [7, 11) is 0. The van der Waals surface area contributed by atoms with E-state index in [9.17, 15) is 4.79 Å². The summed E-state index contributed by atoms with van der Waals surface area (Å²) >= 11 is 0. The third kappa shape index (κ3) is 5.59. The molecule has 0 bridgehead atoms. The molecule has 0 aromatic carbocycles. The molecule has 1 aliphatic heterocycles. The second-order valence-electron chi connectivity index (χ2n) is 6.87. The van der Waals surface area contributed by atoms with Crippen molar-refractivity contribution in [1.29, 1.82) is 0 Å². The first kappa shape index (κ1) is 16.8. The van der Waals surface area contributed by atoms with Gasteiger partial charge in [-0.2, -0.15) is 0 Å². The molecule has 21 heavy (non-hydrogen) atoms. The van der Waals surface area contributed by atoms with Crippen molar-refractivity contribution in [2.45, 2.75) is 83.4 Å². The topological polar surface area (TPSA) is 50.4 Å².